The average molecular weight is 143 g/mol. The second-order valence-electron chi connectivity index (χ2n) is 0.771. The zero-order valence-corrected chi connectivity index (χ0v) is 6.27. The lowest BCUT2D eigenvalue weighted by molar-refractivity contribution is 1.53. The summed E-state index contributed by atoms with van der Waals surface area (Å²) in [4.78, 5) is 0. The van der Waals surface area contributed by atoms with Gasteiger partial charge < -0.3 is 0 Å². The maximum Gasteiger partial charge on any atom is 0.0247 e. The van der Waals surface area contributed by atoms with Gasteiger partial charge in [-0.05, 0) is 13.7 Å². The standard InChI is InChI=1S/C3H8ClPS/c1-2-6-3-5-4/h5H,2-3H2,1H3. The van der Waals surface area contributed by atoms with Crippen molar-refractivity contribution in [2.75, 3.05) is 11.2 Å². The molecular weight excluding hydrogens is 135 g/mol. The minimum absolute atomic E-state index is 0.600. The lowest BCUT2D eigenvalue weighted by Crippen LogP contribution is -1.62. The molecule has 0 saturated heterocycles. The molecule has 3 heteroatoms. The zero-order chi connectivity index (χ0) is 4.83. The quantitative estimate of drug-likeness (QED) is 0.431. The third-order valence-corrected chi connectivity index (χ3v) is 3.00. The largest absolute Gasteiger partial charge is 0.157 e. The molecule has 0 nitrogen and oxygen atoms in total. The van der Waals surface area contributed by atoms with Gasteiger partial charge in [-0.15, -0.1) is 0 Å². The van der Waals surface area contributed by atoms with Crippen LogP contribution in [0.4, 0.5) is 0 Å². The highest BCUT2D eigenvalue weighted by molar-refractivity contribution is 8.05. The third kappa shape index (κ3) is 5.07. The van der Waals surface area contributed by atoms with Crippen LogP contribution in [0.5, 0.6) is 0 Å². The van der Waals surface area contributed by atoms with Gasteiger partial charge in [-0.25, -0.2) is 0 Å². The van der Waals surface area contributed by atoms with Gasteiger partial charge in [0.1, 0.15) is 0 Å². The van der Waals surface area contributed by atoms with Crippen LogP contribution in [-0.2, 0) is 0 Å². The van der Waals surface area contributed by atoms with Crippen molar-refractivity contribution in [2.45, 2.75) is 6.92 Å². The van der Waals surface area contributed by atoms with Crippen LogP contribution in [0.2, 0.25) is 0 Å². The van der Waals surface area contributed by atoms with Gasteiger partial charge in [-0.2, -0.15) is 11.8 Å². The predicted molar refractivity (Wildman–Crippen MR) is 37.2 cm³/mol. The van der Waals surface area contributed by atoms with E-state index >= 15 is 0 Å². The molecular formula is C3H8ClPS. The van der Waals surface area contributed by atoms with E-state index in [4.69, 9.17) is 11.2 Å². The normalized spacial score (nSPS) is 11.0. The van der Waals surface area contributed by atoms with Crippen molar-refractivity contribution in [3.8, 4) is 0 Å². The molecule has 38 valence electrons. The molecule has 0 aliphatic rings. The fourth-order valence-corrected chi connectivity index (χ4v) is 1.96. The number of thioether (sulfide) groups is 1. The van der Waals surface area contributed by atoms with Crippen LogP contribution in [0.3, 0.4) is 0 Å². The van der Waals surface area contributed by atoms with Gasteiger partial charge in [0.2, 0.25) is 0 Å². The van der Waals surface area contributed by atoms with Crippen molar-refractivity contribution in [3.63, 3.8) is 0 Å². The molecule has 6 heavy (non-hydrogen) atoms. The van der Waals surface area contributed by atoms with Crippen molar-refractivity contribution in [1.82, 2.24) is 0 Å². The molecule has 0 N–H and O–H groups in total. The van der Waals surface area contributed by atoms with E-state index in [0.717, 1.165) is 5.49 Å². The summed E-state index contributed by atoms with van der Waals surface area (Å²) < 4.78 is 0. The first-order valence-corrected chi connectivity index (χ1v) is 5.20. The monoisotopic (exact) mass is 142 g/mol. The Morgan fingerprint density at radius 3 is 2.67 bits per heavy atom. The van der Waals surface area contributed by atoms with Crippen LogP contribution in [0.1, 0.15) is 6.92 Å². The Hall–Kier alpha value is 1.07. The maximum absolute atomic E-state index is 5.39. The van der Waals surface area contributed by atoms with Gasteiger partial charge in [-0.3, -0.25) is 0 Å². The minimum Gasteiger partial charge on any atom is -0.157 e. The Bertz CT molecular complexity index is 22.8. The maximum atomic E-state index is 5.39. The summed E-state index contributed by atoms with van der Waals surface area (Å²) in [6.07, 6.45) is 0. The molecule has 1 unspecified atom stereocenters. The van der Waals surface area contributed by atoms with Crippen molar-refractivity contribution < 1.29 is 0 Å². The molecule has 1 atom stereocenters. The first-order valence-electron chi connectivity index (χ1n) is 1.83. The van der Waals surface area contributed by atoms with Crippen molar-refractivity contribution in [3.05, 3.63) is 0 Å². The molecule has 0 aliphatic heterocycles. The molecule has 0 aromatic heterocycles. The molecule has 0 aromatic carbocycles. The summed E-state index contributed by atoms with van der Waals surface area (Å²) in [5.74, 6) is 1.19. The Labute approximate surface area is 49.6 Å². The number of halogens is 1. The van der Waals surface area contributed by atoms with Gasteiger partial charge in [0.05, 0.1) is 0 Å². The van der Waals surface area contributed by atoms with Crippen molar-refractivity contribution >= 4 is 30.9 Å². The van der Waals surface area contributed by atoms with Crippen LogP contribution in [0, 0.1) is 0 Å². The van der Waals surface area contributed by atoms with E-state index in [2.05, 4.69) is 6.92 Å². The summed E-state index contributed by atoms with van der Waals surface area (Å²) in [5, 5.41) is 0. The van der Waals surface area contributed by atoms with E-state index in [1.54, 1.807) is 0 Å². The van der Waals surface area contributed by atoms with E-state index in [0.29, 0.717) is 7.93 Å². The summed E-state index contributed by atoms with van der Waals surface area (Å²) >= 11 is 7.28. The van der Waals surface area contributed by atoms with Gasteiger partial charge >= 0.3 is 0 Å². The highest BCUT2D eigenvalue weighted by atomic mass is 35.7. The molecule has 0 bridgehead atoms. The molecule has 0 heterocycles. The first kappa shape index (κ1) is 7.07. The van der Waals surface area contributed by atoms with E-state index in [1.807, 2.05) is 11.8 Å². The predicted octanol–water partition coefficient (Wildman–Crippen LogP) is 2.53. The highest BCUT2D eigenvalue weighted by Gasteiger charge is 1.76. The molecule has 0 spiro atoms. The Morgan fingerprint density at radius 2 is 2.50 bits per heavy atom. The van der Waals surface area contributed by atoms with Crippen molar-refractivity contribution in [2.24, 2.45) is 0 Å². The lowest BCUT2D eigenvalue weighted by atomic mass is 11.0. The fraction of sp³-hybridized carbons (Fsp3) is 1.00. The molecule has 0 aromatic rings. The molecule has 0 amide bonds. The summed E-state index contributed by atoms with van der Waals surface area (Å²) in [5.41, 5.74) is 1.12. The number of hydrogen-bond acceptors (Lipinski definition) is 1. The molecule has 0 saturated carbocycles. The molecule has 0 rings (SSSR count). The smallest absolute Gasteiger partial charge is 0.0247 e. The van der Waals surface area contributed by atoms with Gasteiger partial charge in [0, 0.05) is 5.49 Å². The van der Waals surface area contributed by atoms with Crippen molar-refractivity contribution in [1.29, 1.82) is 0 Å². The topological polar surface area (TPSA) is 0 Å². The van der Waals surface area contributed by atoms with Crippen LogP contribution < -0.4 is 0 Å². The minimum atomic E-state index is 0.600. The van der Waals surface area contributed by atoms with Crippen LogP contribution in [-0.4, -0.2) is 11.2 Å². The van der Waals surface area contributed by atoms with E-state index < -0.39 is 0 Å². The van der Waals surface area contributed by atoms with E-state index in [1.165, 1.54) is 5.75 Å². The molecule has 0 fully saturated rings. The van der Waals surface area contributed by atoms with Gasteiger partial charge in [0.15, 0.2) is 0 Å². The molecule has 0 radical (unpaired) electrons. The second-order valence-corrected chi connectivity index (χ2v) is 3.98. The van der Waals surface area contributed by atoms with Gasteiger partial charge in [-0.1, -0.05) is 18.2 Å². The van der Waals surface area contributed by atoms with Gasteiger partial charge in [0.25, 0.3) is 0 Å². The van der Waals surface area contributed by atoms with Crippen LogP contribution in [0.25, 0.3) is 0 Å². The number of hydrogen-bond donors (Lipinski definition) is 0. The molecule has 0 aliphatic carbocycles. The fourth-order valence-electron chi connectivity index (χ4n) is 0.141. The van der Waals surface area contributed by atoms with Crippen LogP contribution in [0.15, 0.2) is 0 Å². The first-order chi connectivity index (χ1) is 2.91. The highest BCUT2D eigenvalue weighted by Crippen LogP contribution is 2.21. The zero-order valence-electron chi connectivity index (χ0n) is 3.70. The second kappa shape index (κ2) is 6.07. The summed E-state index contributed by atoms with van der Waals surface area (Å²) in [7, 11) is 0.600. The van der Waals surface area contributed by atoms with E-state index in [9.17, 15) is 0 Å². The Morgan fingerprint density at radius 1 is 1.83 bits per heavy atom. The Balaban J connectivity index is 2.34. The average Bonchev–Trinajstić information content (AvgIpc) is 1.61. The van der Waals surface area contributed by atoms with Crippen LogP contribution >= 0.6 is 30.9 Å². The summed E-state index contributed by atoms with van der Waals surface area (Å²) in [6.45, 7) is 2.14. The lowest BCUT2D eigenvalue weighted by Gasteiger charge is -1.85. The summed E-state index contributed by atoms with van der Waals surface area (Å²) in [6, 6.07) is 0. The number of rotatable bonds is 3. The van der Waals surface area contributed by atoms with E-state index in [-0.39, 0.29) is 0 Å². The Kier molecular flexibility index (Phi) is 7.15. The SMILES string of the molecule is CCSCPCl. The third-order valence-electron chi connectivity index (χ3n) is 0.361.